The molecule has 2 heterocycles. The van der Waals surface area contributed by atoms with Crippen LogP contribution in [0.3, 0.4) is 0 Å². The molecule has 0 bridgehead atoms. The minimum Gasteiger partial charge on any atom is -0.475 e. The van der Waals surface area contributed by atoms with Crippen LogP contribution >= 0.6 is 11.3 Å². The largest absolute Gasteiger partial charge is 0.475 e. The van der Waals surface area contributed by atoms with Crippen molar-refractivity contribution in [2.24, 2.45) is 0 Å². The first-order valence-electron chi connectivity index (χ1n) is 6.07. The zero-order chi connectivity index (χ0) is 14.7. The molecule has 0 aliphatic carbocycles. The van der Waals surface area contributed by atoms with Gasteiger partial charge in [0, 0.05) is 0 Å². The molecule has 2 rings (SSSR count). The molecule has 2 aromatic heterocycles. The summed E-state index contributed by atoms with van der Waals surface area (Å²) in [6.07, 6.45) is 0.791. The molecule has 7 heteroatoms. The summed E-state index contributed by atoms with van der Waals surface area (Å²) in [5, 5.41) is 12.3. The van der Waals surface area contributed by atoms with E-state index in [1.165, 1.54) is 23.5 Å². The number of hydrogen-bond acceptors (Lipinski definition) is 5. The molecular weight excluding hydrogens is 280 g/mol. The summed E-state index contributed by atoms with van der Waals surface area (Å²) in [7, 11) is 0. The molecule has 0 aliphatic heterocycles. The van der Waals surface area contributed by atoms with Crippen molar-refractivity contribution in [3.8, 4) is 0 Å². The van der Waals surface area contributed by atoms with Crippen molar-refractivity contribution < 1.29 is 19.1 Å². The number of aryl methyl sites for hydroxylation is 2. The van der Waals surface area contributed by atoms with Crippen LogP contribution in [0.1, 0.15) is 43.6 Å². The van der Waals surface area contributed by atoms with Gasteiger partial charge >= 0.3 is 5.97 Å². The summed E-state index contributed by atoms with van der Waals surface area (Å²) in [6.45, 7) is 3.92. The number of thiazole rings is 1. The predicted octanol–water partition coefficient (Wildman–Crippen LogP) is 2.24. The lowest BCUT2D eigenvalue weighted by Gasteiger charge is -2.01. The summed E-state index contributed by atoms with van der Waals surface area (Å²) in [6, 6.07) is 2.89. The highest BCUT2D eigenvalue weighted by atomic mass is 32.1. The first-order valence-corrected chi connectivity index (χ1v) is 6.89. The third-order valence-electron chi connectivity index (χ3n) is 2.65. The summed E-state index contributed by atoms with van der Waals surface area (Å²) < 4.78 is 5.06. The lowest BCUT2D eigenvalue weighted by molar-refractivity contribution is 0.0660. The van der Waals surface area contributed by atoms with Gasteiger partial charge in [0.25, 0.3) is 5.91 Å². The smallest absolute Gasteiger partial charge is 0.371 e. The first kappa shape index (κ1) is 14.3. The first-order chi connectivity index (χ1) is 9.51. The van der Waals surface area contributed by atoms with Gasteiger partial charge in [-0.3, -0.25) is 4.79 Å². The number of carbonyl (C=O) groups excluding carboxylic acids is 1. The highest BCUT2D eigenvalue weighted by Crippen LogP contribution is 2.18. The van der Waals surface area contributed by atoms with Crippen LogP contribution in [0.4, 0.5) is 0 Å². The number of rotatable bonds is 5. The Morgan fingerprint density at radius 2 is 2.20 bits per heavy atom. The van der Waals surface area contributed by atoms with Crippen LogP contribution in [0.2, 0.25) is 0 Å². The Hall–Kier alpha value is -2.15. The van der Waals surface area contributed by atoms with Crippen LogP contribution in [0.15, 0.2) is 16.5 Å². The molecule has 106 valence electrons. The van der Waals surface area contributed by atoms with Gasteiger partial charge in [-0.2, -0.15) is 0 Å². The van der Waals surface area contributed by atoms with E-state index in [2.05, 4.69) is 10.3 Å². The Morgan fingerprint density at radius 1 is 1.45 bits per heavy atom. The minimum atomic E-state index is -1.13. The molecule has 2 aromatic rings. The SMILES string of the molecule is CCc1nc(C)c(C(=O)NCc2ccc(C(=O)O)o2)s1. The molecule has 6 nitrogen and oxygen atoms in total. The number of nitrogens with one attached hydrogen (secondary N) is 1. The summed E-state index contributed by atoms with van der Waals surface area (Å²) in [5.41, 5.74) is 0.704. The molecule has 1 amide bonds. The number of carboxylic acid groups (broad SMARTS) is 1. The highest BCUT2D eigenvalue weighted by Gasteiger charge is 2.15. The molecule has 0 aliphatic rings. The number of carboxylic acids is 1. The number of hydrogen-bond donors (Lipinski definition) is 2. The second-order valence-corrected chi connectivity index (χ2v) is 5.21. The van der Waals surface area contributed by atoms with Crippen LogP contribution in [0, 0.1) is 6.92 Å². The molecule has 20 heavy (non-hydrogen) atoms. The monoisotopic (exact) mass is 294 g/mol. The van der Waals surface area contributed by atoms with E-state index in [9.17, 15) is 9.59 Å². The Bertz CT molecular complexity index is 645. The highest BCUT2D eigenvalue weighted by molar-refractivity contribution is 7.13. The average Bonchev–Trinajstić information content (AvgIpc) is 3.02. The van der Waals surface area contributed by atoms with Crippen molar-refractivity contribution in [1.82, 2.24) is 10.3 Å². The van der Waals surface area contributed by atoms with Gasteiger partial charge in [-0.1, -0.05) is 6.92 Å². The number of amides is 1. The van der Waals surface area contributed by atoms with Crippen LogP contribution < -0.4 is 5.32 Å². The molecule has 0 aromatic carbocycles. The average molecular weight is 294 g/mol. The maximum Gasteiger partial charge on any atom is 0.371 e. The van der Waals surface area contributed by atoms with Crippen molar-refractivity contribution in [1.29, 1.82) is 0 Å². The van der Waals surface area contributed by atoms with E-state index < -0.39 is 5.97 Å². The number of aromatic carboxylic acids is 1. The number of furan rings is 1. The minimum absolute atomic E-state index is 0.142. The van der Waals surface area contributed by atoms with Gasteiger partial charge in [-0.15, -0.1) is 11.3 Å². The van der Waals surface area contributed by atoms with Crippen molar-refractivity contribution in [2.75, 3.05) is 0 Å². The Kier molecular flexibility index (Phi) is 4.19. The van der Waals surface area contributed by atoms with Crippen molar-refractivity contribution in [3.05, 3.63) is 39.2 Å². The molecule has 0 fully saturated rings. The standard InChI is InChI=1S/C13H14N2O4S/c1-3-10-15-7(2)11(20-10)12(16)14-6-8-4-5-9(19-8)13(17)18/h4-5H,3,6H2,1-2H3,(H,14,16)(H,17,18). The predicted molar refractivity (Wildman–Crippen MR) is 73.1 cm³/mol. The van der Waals surface area contributed by atoms with E-state index >= 15 is 0 Å². The van der Waals surface area contributed by atoms with E-state index in [0.717, 1.165) is 11.4 Å². The van der Waals surface area contributed by atoms with Gasteiger partial charge in [0.1, 0.15) is 10.6 Å². The van der Waals surface area contributed by atoms with Gasteiger partial charge in [0.05, 0.1) is 17.2 Å². The molecule has 2 N–H and O–H groups in total. The quantitative estimate of drug-likeness (QED) is 0.882. The van der Waals surface area contributed by atoms with Crippen molar-refractivity contribution >= 4 is 23.2 Å². The van der Waals surface area contributed by atoms with Crippen molar-refractivity contribution in [3.63, 3.8) is 0 Å². The van der Waals surface area contributed by atoms with E-state index in [1.54, 1.807) is 6.92 Å². The Morgan fingerprint density at radius 3 is 2.75 bits per heavy atom. The Labute approximate surface area is 119 Å². The molecule has 0 saturated heterocycles. The van der Waals surface area contributed by atoms with Gasteiger partial charge in [0.2, 0.25) is 5.76 Å². The zero-order valence-corrected chi connectivity index (χ0v) is 11.9. The van der Waals surface area contributed by atoms with E-state index in [-0.39, 0.29) is 18.2 Å². The second-order valence-electron chi connectivity index (χ2n) is 4.13. The molecule has 0 unspecified atom stereocenters. The fourth-order valence-electron chi connectivity index (χ4n) is 1.65. The topological polar surface area (TPSA) is 92.4 Å². The van der Waals surface area contributed by atoms with E-state index in [0.29, 0.717) is 16.3 Å². The van der Waals surface area contributed by atoms with E-state index in [1.807, 2.05) is 6.92 Å². The molecule has 0 atom stereocenters. The molecule has 0 spiro atoms. The number of aromatic nitrogens is 1. The molecule has 0 radical (unpaired) electrons. The zero-order valence-electron chi connectivity index (χ0n) is 11.1. The Balaban J connectivity index is 2.00. The lowest BCUT2D eigenvalue weighted by atomic mass is 10.3. The summed E-state index contributed by atoms with van der Waals surface area (Å²) >= 11 is 1.36. The third kappa shape index (κ3) is 3.05. The lowest BCUT2D eigenvalue weighted by Crippen LogP contribution is -2.22. The normalized spacial score (nSPS) is 10.5. The maximum atomic E-state index is 12.0. The molecular formula is C13H14N2O4S. The van der Waals surface area contributed by atoms with Gasteiger partial charge in [-0.25, -0.2) is 9.78 Å². The van der Waals surface area contributed by atoms with Crippen LogP contribution in [-0.4, -0.2) is 22.0 Å². The summed E-state index contributed by atoms with van der Waals surface area (Å²) in [5.74, 6) is -1.11. The molecule has 0 saturated carbocycles. The summed E-state index contributed by atoms with van der Waals surface area (Å²) in [4.78, 5) is 27.5. The fraction of sp³-hybridized carbons (Fsp3) is 0.308. The second kappa shape index (κ2) is 5.87. The van der Waals surface area contributed by atoms with E-state index in [4.69, 9.17) is 9.52 Å². The maximum absolute atomic E-state index is 12.0. The van der Waals surface area contributed by atoms with Crippen molar-refractivity contribution in [2.45, 2.75) is 26.8 Å². The van der Waals surface area contributed by atoms with Crippen LogP contribution in [-0.2, 0) is 13.0 Å². The van der Waals surface area contributed by atoms with Gasteiger partial charge in [-0.05, 0) is 25.5 Å². The van der Waals surface area contributed by atoms with Crippen LogP contribution in [0.5, 0.6) is 0 Å². The van der Waals surface area contributed by atoms with Crippen LogP contribution in [0.25, 0.3) is 0 Å². The number of nitrogens with zero attached hydrogens (tertiary/aromatic N) is 1. The third-order valence-corrected chi connectivity index (χ3v) is 3.95. The van der Waals surface area contributed by atoms with Gasteiger partial charge in [0.15, 0.2) is 0 Å². The van der Waals surface area contributed by atoms with Gasteiger partial charge < -0.3 is 14.8 Å². The number of carbonyl (C=O) groups is 2. The fourth-order valence-corrected chi connectivity index (χ4v) is 2.57.